The smallest absolute Gasteiger partial charge is 0.151 e. The second kappa shape index (κ2) is 6.06. The second-order valence-electron chi connectivity index (χ2n) is 4.89. The van der Waals surface area contributed by atoms with Crippen LogP contribution in [0.3, 0.4) is 0 Å². The van der Waals surface area contributed by atoms with Gasteiger partial charge in [-0.05, 0) is 38.9 Å². The first-order valence-corrected chi connectivity index (χ1v) is 7.15. The van der Waals surface area contributed by atoms with Gasteiger partial charge in [0.25, 0.3) is 0 Å². The zero-order chi connectivity index (χ0) is 13.8. The average molecular weight is 260 g/mol. The van der Waals surface area contributed by atoms with E-state index in [-0.39, 0.29) is 0 Å². The summed E-state index contributed by atoms with van der Waals surface area (Å²) in [4.78, 5) is 7.18. The highest BCUT2D eigenvalue weighted by atomic mass is 15.2. The number of hydrogen-bond acceptors (Lipinski definition) is 3. The number of anilines is 1. The first-order chi connectivity index (χ1) is 9.22. The molecule has 0 saturated carbocycles. The van der Waals surface area contributed by atoms with Crippen molar-refractivity contribution in [1.82, 2.24) is 9.38 Å². The third kappa shape index (κ3) is 2.59. The van der Waals surface area contributed by atoms with Crippen LogP contribution in [0, 0.1) is 0 Å². The summed E-state index contributed by atoms with van der Waals surface area (Å²) < 4.78 is 2.16. The minimum atomic E-state index is 0.492. The number of fused-ring (bicyclic) bond motifs is 1. The number of nitrogens with two attached hydrogens (primary N) is 1. The van der Waals surface area contributed by atoms with E-state index in [1.165, 1.54) is 5.69 Å². The van der Waals surface area contributed by atoms with Crippen LogP contribution in [0.1, 0.15) is 32.9 Å². The summed E-state index contributed by atoms with van der Waals surface area (Å²) in [6, 6.07) is 6.61. The Morgan fingerprint density at radius 1 is 1.37 bits per heavy atom. The van der Waals surface area contributed by atoms with Crippen LogP contribution in [0.25, 0.3) is 5.65 Å². The lowest BCUT2D eigenvalue weighted by Gasteiger charge is -2.28. The first-order valence-electron chi connectivity index (χ1n) is 7.15. The van der Waals surface area contributed by atoms with Gasteiger partial charge in [-0.25, -0.2) is 4.98 Å². The maximum atomic E-state index is 5.77. The van der Waals surface area contributed by atoms with Crippen molar-refractivity contribution in [3.05, 3.63) is 30.1 Å². The molecule has 0 radical (unpaired) electrons. The Bertz CT molecular complexity index is 532. The zero-order valence-corrected chi connectivity index (χ0v) is 12.1. The van der Waals surface area contributed by atoms with Crippen LogP contribution in [0.15, 0.2) is 24.4 Å². The molecule has 2 aromatic heterocycles. The number of rotatable bonds is 6. The monoisotopic (exact) mass is 260 g/mol. The first kappa shape index (κ1) is 13.9. The van der Waals surface area contributed by atoms with Gasteiger partial charge in [0.2, 0.25) is 0 Å². The number of aromatic nitrogens is 2. The summed E-state index contributed by atoms with van der Waals surface area (Å²) >= 11 is 0. The SMILES string of the molecule is CCC(C)N(CC)c1nc2ccccn2c1CCN. The predicted octanol–water partition coefficient (Wildman–Crippen LogP) is 2.46. The summed E-state index contributed by atoms with van der Waals surface area (Å²) in [5.74, 6) is 1.09. The minimum absolute atomic E-state index is 0.492. The highest BCUT2D eigenvalue weighted by molar-refractivity contribution is 5.56. The van der Waals surface area contributed by atoms with Gasteiger partial charge in [-0.3, -0.25) is 0 Å². The van der Waals surface area contributed by atoms with Gasteiger partial charge >= 0.3 is 0 Å². The summed E-state index contributed by atoms with van der Waals surface area (Å²) in [5.41, 5.74) is 8.00. The van der Waals surface area contributed by atoms with Crippen molar-refractivity contribution in [2.24, 2.45) is 5.73 Å². The molecule has 0 aromatic carbocycles. The molecule has 19 heavy (non-hydrogen) atoms. The molecule has 104 valence electrons. The average Bonchev–Trinajstić information content (AvgIpc) is 2.79. The Labute approximate surface area is 115 Å². The van der Waals surface area contributed by atoms with Gasteiger partial charge in [0, 0.05) is 25.2 Å². The van der Waals surface area contributed by atoms with Crippen LogP contribution in [0.4, 0.5) is 5.82 Å². The van der Waals surface area contributed by atoms with Crippen molar-refractivity contribution in [3.8, 4) is 0 Å². The van der Waals surface area contributed by atoms with Gasteiger partial charge in [0.05, 0.1) is 5.69 Å². The quantitative estimate of drug-likeness (QED) is 0.868. The maximum absolute atomic E-state index is 5.77. The molecule has 0 aliphatic carbocycles. The standard InChI is InChI=1S/C15H24N4/c1-4-12(3)18(5-2)15-13(9-10-16)19-11-7-6-8-14(19)17-15/h6-8,11-12H,4-5,9-10,16H2,1-3H3. The Kier molecular flexibility index (Phi) is 4.43. The molecule has 0 saturated heterocycles. The zero-order valence-electron chi connectivity index (χ0n) is 12.1. The van der Waals surface area contributed by atoms with Crippen molar-refractivity contribution in [2.75, 3.05) is 18.0 Å². The molecule has 0 fully saturated rings. The molecule has 2 N–H and O–H groups in total. The van der Waals surface area contributed by atoms with Gasteiger partial charge in [-0.1, -0.05) is 13.0 Å². The van der Waals surface area contributed by atoms with E-state index in [9.17, 15) is 0 Å². The van der Waals surface area contributed by atoms with Crippen molar-refractivity contribution in [1.29, 1.82) is 0 Å². The van der Waals surface area contributed by atoms with E-state index < -0.39 is 0 Å². The molecule has 2 heterocycles. The fourth-order valence-electron chi connectivity index (χ4n) is 2.52. The molecule has 0 aliphatic heterocycles. The van der Waals surface area contributed by atoms with Crippen molar-refractivity contribution in [2.45, 2.75) is 39.7 Å². The van der Waals surface area contributed by atoms with E-state index in [1.54, 1.807) is 0 Å². The van der Waals surface area contributed by atoms with Gasteiger partial charge in [0.15, 0.2) is 5.82 Å². The van der Waals surface area contributed by atoms with Gasteiger partial charge < -0.3 is 15.0 Å². The molecule has 4 nitrogen and oxygen atoms in total. The number of pyridine rings is 1. The fourth-order valence-corrected chi connectivity index (χ4v) is 2.52. The van der Waals surface area contributed by atoms with Crippen LogP contribution in [0.2, 0.25) is 0 Å². The minimum Gasteiger partial charge on any atom is -0.353 e. The van der Waals surface area contributed by atoms with Gasteiger partial charge in [-0.15, -0.1) is 0 Å². The summed E-state index contributed by atoms with van der Waals surface area (Å²) in [7, 11) is 0. The third-order valence-electron chi connectivity index (χ3n) is 3.72. The van der Waals surface area contributed by atoms with Crippen molar-refractivity contribution >= 4 is 11.5 Å². The molecular formula is C15H24N4. The van der Waals surface area contributed by atoms with Crippen LogP contribution in [-0.2, 0) is 6.42 Å². The number of nitrogens with zero attached hydrogens (tertiary/aromatic N) is 3. The Balaban J connectivity index is 2.54. The van der Waals surface area contributed by atoms with Crippen molar-refractivity contribution < 1.29 is 0 Å². The second-order valence-corrected chi connectivity index (χ2v) is 4.89. The van der Waals surface area contributed by atoms with Crippen LogP contribution >= 0.6 is 0 Å². The van der Waals surface area contributed by atoms with E-state index in [4.69, 9.17) is 10.7 Å². The maximum Gasteiger partial charge on any atom is 0.151 e. The Hall–Kier alpha value is -1.55. The summed E-state index contributed by atoms with van der Waals surface area (Å²) in [6.45, 7) is 8.26. The van der Waals surface area contributed by atoms with Gasteiger partial charge in [0.1, 0.15) is 5.65 Å². The van der Waals surface area contributed by atoms with Crippen LogP contribution < -0.4 is 10.6 Å². The van der Waals surface area contributed by atoms with Crippen molar-refractivity contribution in [3.63, 3.8) is 0 Å². The Morgan fingerprint density at radius 3 is 2.79 bits per heavy atom. The number of hydrogen-bond donors (Lipinski definition) is 1. The summed E-state index contributed by atoms with van der Waals surface area (Å²) in [6.07, 6.45) is 4.04. The lowest BCUT2D eigenvalue weighted by Crippen LogP contribution is -2.33. The molecule has 0 bridgehead atoms. The van der Waals surface area contributed by atoms with E-state index in [0.29, 0.717) is 12.6 Å². The molecular weight excluding hydrogens is 236 g/mol. The van der Waals surface area contributed by atoms with E-state index >= 15 is 0 Å². The normalized spacial score (nSPS) is 12.8. The van der Waals surface area contributed by atoms with Crippen LogP contribution in [-0.4, -0.2) is 28.5 Å². The summed E-state index contributed by atoms with van der Waals surface area (Å²) in [5, 5.41) is 0. The molecule has 2 aromatic rings. The van der Waals surface area contributed by atoms with E-state index in [2.05, 4.69) is 36.3 Å². The van der Waals surface area contributed by atoms with Gasteiger partial charge in [-0.2, -0.15) is 0 Å². The highest BCUT2D eigenvalue weighted by Crippen LogP contribution is 2.24. The molecule has 2 rings (SSSR count). The number of imidazole rings is 1. The Morgan fingerprint density at radius 2 is 2.16 bits per heavy atom. The third-order valence-corrected chi connectivity index (χ3v) is 3.72. The topological polar surface area (TPSA) is 46.6 Å². The molecule has 1 unspecified atom stereocenters. The van der Waals surface area contributed by atoms with Crippen LogP contribution in [0.5, 0.6) is 0 Å². The molecule has 0 amide bonds. The largest absolute Gasteiger partial charge is 0.353 e. The molecule has 0 aliphatic rings. The molecule has 0 spiro atoms. The molecule has 4 heteroatoms. The lowest BCUT2D eigenvalue weighted by atomic mass is 10.2. The molecule has 1 atom stereocenters. The fraction of sp³-hybridized carbons (Fsp3) is 0.533. The van der Waals surface area contributed by atoms with E-state index in [1.807, 2.05) is 18.2 Å². The van der Waals surface area contributed by atoms with E-state index in [0.717, 1.165) is 30.9 Å². The lowest BCUT2D eigenvalue weighted by molar-refractivity contribution is 0.621. The highest BCUT2D eigenvalue weighted by Gasteiger charge is 2.19. The predicted molar refractivity (Wildman–Crippen MR) is 80.7 cm³/mol.